The summed E-state index contributed by atoms with van der Waals surface area (Å²) in [5.74, 6) is -0.104. The van der Waals surface area contributed by atoms with Crippen molar-refractivity contribution in [1.82, 2.24) is 0 Å². The molecule has 0 spiro atoms. The Labute approximate surface area is 102 Å². The third-order valence-electron chi connectivity index (χ3n) is 2.28. The summed E-state index contributed by atoms with van der Waals surface area (Å²) >= 11 is 1.79. The maximum Gasteiger partial charge on any atom is 0.306 e. The minimum atomic E-state index is -0.104. The van der Waals surface area contributed by atoms with Gasteiger partial charge >= 0.3 is 5.97 Å². The van der Waals surface area contributed by atoms with Crippen LogP contribution >= 0.6 is 11.3 Å². The molecule has 0 saturated carbocycles. The fourth-order valence-electron chi connectivity index (χ4n) is 1.37. The van der Waals surface area contributed by atoms with Gasteiger partial charge in [0.2, 0.25) is 0 Å². The number of carbonyl (C=O) groups excluding carboxylic acids is 1. The zero-order valence-electron chi connectivity index (χ0n) is 10.5. The molecule has 0 atom stereocenters. The summed E-state index contributed by atoms with van der Waals surface area (Å²) in [4.78, 5) is 13.8. The van der Waals surface area contributed by atoms with Gasteiger partial charge in [-0.1, -0.05) is 20.8 Å². The van der Waals surface area contributed by atoms with Crippen LogP contribution in [0.25, 0.3) is 0 Å². The van der Waals surface area contributed by atoms with E-state index in [2.05, 4.69) is 32.9 Å². The van der Waals surface area contributed by atoms with Crippen LogP contribution in [0.5, 0.6) is 0 Å². The highest BCUT2D eigenvalue weighted by molar-refractivity contribution is 7.12. The lowest BCUT2D eigenvalue weighted by Crippen LogP contribution is -2.07. The van der Waals surface area contributed by atoms with Crippen LogP contribution < -0.4 is 0 Å². The minimum absolute atomic E-state index is 0.104. The molecule has 0 unspecified atom stereocenters. The number of aryl methyl sites for hydroxylation is 1. The molecule has 16 heavy (non-hydrogen) atoms. The lowest BCUT2D eigenvalue weighted by atomic mass is 9.95. The van der Waals surface area contributed by atoms with Crippen molar-refractivity contribution in [2.75, 3.05) is 6.61 Å². The summed E-state index contributed by atoms with van der Waals surface area (Å²) in [7, 11) is 0. The maximum absolute atomic E-state index is 11.2. The van der Waals surface area contributed by atoms with Crippen molar-refractivity contribution in [3.8, 4) is 0 Å². The Morgan fingerprint density at radius 3 is 2.56 bits per heavy atom. The van der Waals surface area contributed by atoms with E-state index in [1.807, 2.05) is 6.92 Å². The zero-order valence-corrected chi connectivity index (χ0v) is 11.3. The molecule has 0 aliphatic rings. The molecule has 1 heterocycles. The lowest BCUT2D eigenvalue weighted by molar-refractivity contribution is -0.143. The molecule has 0 aliphatic heterocycles. The zero-order chi connectivity index (χ0) is 12.2. The fraction of sp³-hybridized carbons (Fsp3) is 0.615. The van der Waals surface area contributed by atoms with Crippen LogP contribution in [0, 0.1) is 0 Å². The van der Waals surface area contributed by atoms with Gasteiger partial charge in [-0.2, -0.15) is 0 Å². The van der Waals surface area contributed by atoms with Crippen molar-refractivity contribution < 1.29 is 9.53 Å². The molecule has 0 bridgehead atoms. The minimum Gasteiger partial charge on any atom is -0.466 e. The molecule has 0 fully saturated rings. The number of thiophene rings is 1. The van der Waals surface area contributed by atoms with Gasteiger partial charge in [0.1, 0.15) is 0 Å². The molecule has 1 aromatic rings. The summed E-state index contributed by atoms with van der Waals surface area (Å²) in [6.45, 7) is 8.91. The van der Waals surface area contributed by atoms with Gasteiger partial charge in [-0.25, -0.2) is 0 Å². The number of carbonyl (C=O) groups is 1. The first kappa shape index (κ1) is 13.2. The van der Waals surface area contributed by atoms with Gasteiger partial charge in [-0.3, -0.25) is 4.79 Å². The Morgan fingerprint density at radius 1 is 1.38 bits per heavy atom. The first-order valence-corrected chi connectivity index (χ1v) is 6.50. The summed E-state index contributed by atoms with van der Waals surface area (Å²) in [6, 6.07) is 4.27. The van der Waals surface area contributed by atoms with Crippen LogP contribution in [-0.4, -0.2) is 12.6 Å². The first-order valence-electron chi connectivity index (χ1n) is 5.68. The molecule has 0 radical (unpaired) electrons. The molecular weight excluding hydrogens is 220 g/mol. The topological polar surface area (TPSA) is 26.3 Å². The molecule has 1 rings (SSSR count). The maximum atomic E-state index is 11.2. The van der Waals surface area contributed by atoms with Crippen LogP contribution in [0.1, 0.15) is 43.9 Å². The predicted octanol–water partition coefficient (Wildman–Crippen LogP) is 3.54. The van der Waals surface area contributed by atoms with E-state index in [0.29, 0.717) is 13.0 Å². The molecule has 2 nitrogen and oxygen atoms in total. The van der Waals surface area contributed by atoms with Crippen molar-refractivity contribution in [3.05, 3.63) is 21.9 Å². The smallest absolute Gasteiger partial charge is 0.306 e. The first-order chi connectivity index (χ1) is 7.43. The van der Waals surface area contributed by atoms with Crippen molar-refractivity contribution in [1.29, 1.82) is 0 Å². The molecule has 0 saturated heterocycles. The lowest BCUT2D eigenvalue weighted by Gasteiger charge is -2.15. The van der Waals surface area contributed by atoms with E-state index < -0.39 is 0 Å². The Balaban J connectivity index is 2.50. The molecule has 3 heteroatoms. The molecule has 0 aromatic carbocycles. The van der Waals surface area contributed by atoms with Crippen molar-refractivity contribution in [2.24, 2.45) is 0 Å². The average Bonchev–Trinajstić information content (AvgIpc) is 2.63. The molecular formula is C13H20O2S. The average molecular weight is 240 g/mol. The highest BCUT2D eigenvalue weighted by Crippen LogP contribution is 2.29. The van der Waals surface area contributed by atoms with Crippen molar-refractivity contribution in [3.63, 3.8) is 0 Å². The quantitative estimate of drug-likeness (QED) is 0.752. The van der Waals surface area contributed by atoms with Gasteiger partial charge in [-0.15, -0.1) is 11.3 Å². The second kappa shape index (κ2) is 5.48. The van der Waals surface area contributed by atoms with Crippen LogP contribution in [0.3, 0.4) is 0 Å². The largest absolute Gasteiger partial charge is 0.466 e. The third-order valence-corrected chi connectivity index (χ3v) is 3.85. The molecule has 0 amide bonds. The number of hydrogen-bond acceptors (Lipinski definition) is 3. The van der Waals surface area contributed by atoms with Crippen molar-refractivity contribution in [2.45, 2.75) is 46.0 Å². The van der Waals surface area contributed by atoms with E-state index in [1.54, 1.807) is 11.3 Å². The number of rotatable bonds is 4. The molecule has 90 valence electrons. The van der Waals surface area contributed by atoms with E-state index in [1.165, 1.54) is 9.75 Å². The SMILES string of the molecule is CCOC(=O)CCc1ccc(C(C)(C)C)s1. The Kier molecular flexibility index (Phi) is 4.54. The molecule has 0 aliphatic carbocycles. The second-order valence-electron chi connectivity index (χ2n) is 4.82. The molecule has 1 aromatic heterocycles. The van der Waals surface area contributed by atoms with Crippen molar-refractivity contribution >= 4 is 17.3 Å². The van der Waals surface area contributed by atoms with Gasteiger partial charge in [0.05, 0.1) is 13.0 Å². The summed E-state index contributed by atoms with van der Waals surface area (Å²) < 4.78 is 4.90. The highest BCUT2D eigenvalue weighted by atomic mass is 32.1. The summed E-state index contributed by atoms with van der Waals surface area (Å²) in [5, 5.41) is 0. The fourth-order valence-corrected chi connectivity index (χ4v) is 2.44. The van der Waals surface area contributed by atoms with Gasteiger partial charge < -0.3 is 4.74 Å². The monoisotopic (exact) mass is 240 g/mol. The van der Waals surface area contributed by atoms with Gasteiger partial charge in [-0.05, 0) is 30.9 Å². The van der Waals surface area contributed by atoms with E-state index in [-0.39, 0.29) is 11.4 Å². The summed E-state index contributed by atoms with van der Waals surface area (Å²) in [5.41, 5.74) is 0.201. The normalized spacial score (nSPS) is 11.5. The predicted molar refractivity (Wildman–Crippen MR) is 68.0 cm³/mol. The number of ether oxygens (including phenoxy) is 1. The van der Waals surface area contributed by atoms with E-state index in [4.69, 9.17) is 4.74 Å². The highest BCUT2D eigenvalue weighted by Gasteiger charge is 2.16. The van der Waals surface area contributed by atoms with Gasteiger partial charge in [0.25, 0.3) is 0 Å². The van der Waals surface area contributed by atoms with E-state index in [0.717, 1.165) is 6.42 Å². The van der Waals surface area contributed by atoms with E-state index in [9.17, 15) is 4.79 Å². The van der Waals surface area contributed by atoms with Gasteiger partial charge in [0, 0.05) is 9.75 Å². The van der Waals surface area contributed by atoms with Gasteiger partial charge in [0.15, 0.2) is 0 Å². The van der Waals surface area contributed by atoms with Crippen LogP contribution in [0.2, 0.25) is 0 Å². The van der Waals surface area contributed by atoms with Crippen LogP contribution in [0.15, 0.2) is 12.1 Å². The second-order valence-corrected chi connectivity index (χ2v) is 5.99. The molecule has 0 N–H and O–H groups in total. The van der Waals surface area contributed by atoms with E-state index >= 15 is 0 Å². The number of esters is 1. The number of hydrogen-bond donors (Lipinski definition) is 0. The standard InChI is InChI=1S/C13H20O2S/c1-5-15-12(14)9-7-10-6-8-11(16-10)13(2,3)4/h6,8H,5,7,9H2,1-4H3. The Bertz CT molecular complexity index is 347. The van der Waals surface area contributed by atoms with Crippen LogP contribution in [0.4, 0.5) is 0 Å². The summed E-state index contributed by atoms with van der Waals surface area (Å²) in [6.07, 6.45) is 1.28. The Morgan fingerprint density at radius 2 is 2.06 bits per heavy atom. The third kappa shape index (κ3) is 3.97. The Hall–Kier alpha value is -0.830. The van der Waals surface area contributed by atoms with Crippen LogP contribution in [-0.2, 0) is 21.4 Å².